The van der Waals surface area contributed by atoms with Gasteiger partial charge in [0.2, 0.25) is 0 Å². The summed E-state index contributed by atoms with van der Waals surface area (Å²) in [7, 11) is 0. The van der Waals surface area contributed by atoms with Crippen LogP contribution in [0.2, 0.25) is 0 Å². The van der Waals surface area contributed by atoms with Crippen LogP contribution in [0.25, 0.3) is 0 Å². The number of nitrogens with zero attached hydrogens (tertiary/aromatic N) is 2. The van der Waals surface area contributed by atoms with Crippen molar-refractivity contribution in [2.45, 2.75) is 52.2 Å². The number of likely N-dealkylation sites (tertiary alicyclic amines) is 1. The second-order valence-corrected chi connectivity index (χ2v) is 8.87. The van der Waals surface area contributed by atoms with E-state index in [4.69, 9.17) is 9.47 Å². The SMILES string of the molecule is Cc1ccccc1OCCNC(=O)c1cccn1C1CCN(C(=O)OC(C)(C)C)CC1. The van der Waals surface area contributed by atoms with E-state index in [0.717, 1.165) is 24.2 Å². The monoisotopic (exact) mass is 427 g/mol. The van der Waals surface area contributed by atoms with E-state index in [0.29, 0.717) is 31.9 Å². The van der Waals surface area contributed by atoms with E-state index in [2.05, 4.69) is 5.32 Å². The first-order valence-corrected chi connectivity index (χ1v) is 10.9. The van der Waals surface area contributed by atoms with Crippen molar-refractivity contribution in [3.8, 4) is 5.75 Å². The second-order valence-electron chi connectivity index (χ2n) is 8.87. The summed E-state index contributed by atoms with van der Waals surface area (Å²) in [5.74, 6) is 0.713. The van der Waals surface area contributed by atoms with Crippen LogP contribution in [0.1, 0.15) is 55.7 Å². The van der Waals surface area contributed by atoms with Crippen LogP contribution >= 0.6 is 0 Å². The maximum absolute atomic E-state index is 12.7. The van der Waals surface area contributed by atoms with Gasteiger partial charge >= 0.3 is 6.09 Å². The van der Waals surface area contributed by atoms with Crippen molar-refractivity contribution in [3.05, 3.63) is 53.9 Å². The number of piperidine rings is 1. The van der Waals surface area contributed by atoms with Gasteiger partial charge in [0.1, 0.15) is 23.7 Å². The molecule has 1 N–H and O–H groups in total. The van der Waals surface area contributed by atoms with Crippen LogP contribution in [0, 0.1) is 6.92 Å². The third-order valence-electron chi connectivity index (χ3n) is 5.26. The fourth-order valence-corrected chi connectivity index (χ4v) is 3.69. The molecule has 7 nitrogen and oxygen atoms in total. The lowest BCUT2D eigenvalue weighted by molar-refractivity contribution is 0.0187. The Morgan fingerprint density at radius 2 is 1.81 bits per heavy atom. The molecular formula is C24H33N3O4. The van der Waals surface area contributed by atoms with Crippen LogP contribution in [-0.4, -0.2) is 53.3 Å². The molecule has 168 valence electrons. The number of para-hydroxylation sites is 1. The van der Waals surface area contributed by atoms with Gasteiger partial charge in [-0.25, -0.2) is 4.79 Å². The first-order valence-electron chi connectivity index (χ1n) is 10.9. The quantitative estimate of drug-likeness (QED) is 0.702. The molecule has 0 aliphatic carbocycles. The molecule has 2 heterocycles. The number of carbonyl (C=O) groups excluding carboxylic acids is 2. The van der Waals surface area contributed by atoms with Crippen LogP contribution in [0.4, 0.5) is 4.79 Å². The van der Waals surface area contributed by atoms with Crippen LogP contribution in [0.15, 0.2) is 42.6 Å². The van der Waals surface area contributed by atoms with Gasteiger partial charge in [-0.3, -0.25) is 4.79 Å². The highest BCUT2D eigenvalue weighted by Crippen LogP contribution is 2.25. The van der Waals surface area contributed by atoms with Gasteiger partial charge in [-0.15, -0.1) is 0 Å². The number of aromatic nitrogens is 1. The number of amides is 2. The van der Waals surface area contributed by atoms with Crippen LogP contribution in [0.5, 0.6) is 5.75 Å². The van der Waals surface area contributed by atoms with Gasteiger partial charge < -0.3 is 24.3 Å². The number of aryl methyl sites for hydroxylation is 1. The van der Waals surface area contributed by atoms with Gasteiger partial charge in [0.05, 0.1) is 6.54 Å². The summed E-state index contributed by atoms with van der Waals surface area (Å²) in [5, 5.41) is 2.94. The Morgan fingerprint density at radius 3 is 2.48 bits per heavy atom. The normalized spacial score (nSPS) is 14.9. The molecule has 0 radical (unpaired) electrons. The molecule has 2 aromatic rings. The predicted octanol–water partition coefficient (Wildman–Crippen LogP) is 4.18. The summed E-state index contributed by atoms with van der Waals surface area (Å²) in [6.07, 6.45) is 3.23. The summed E-state index contributed by atoms with van der Waals surface area (Å²) < 4.78 is 13.2. The number of benzene rings is 1. The lowest BCUT2D eigenvalue weighted by atomic mass is 10.0. The standard InChI is InChI=1S/C24H33N3O4/c1-18-8-5-6-10-21(18)30-17-13-25-22(28)20-9-7-14-27(20)19-11-15-26(16-12-19)23(29)31-24(2,3)4/h5-10,14,19H,11-13,15-17H2,1-4H3,(H,25,28). The number of nitrogens with one attached hydrogen (secondary N) is 1. The topological polar surface area (TPSA) is 72.8 Å². The molecule has 0 saturated carbocycles. The molecule has 1 aromatic carbocycles. The average molecular weight is 428 g/mol. The average Bonchev–Trinajstić information content (AvgIpc) is 3.21. The molecule has 0 unspecified atom stereocenters. The lowest BCUT2D eigenvalue weighted by Crippen LogP contribution is -2.42. The Bertz CT molecular complexity index is 892. The molecule has 1 aliphatic heterocycles. The Labute approximate surface area is 184 Å². The number of hydrogen-bond acceptors (Lipinski definition) is 4. The van der Waals surface area contributed by atoms with Gasteiger partial charge in [-0.05, 0) is 64.3 Å². The second kappa shape index (κ2) is 9.90. The molecular weight excluding hydrogens is 394 g/mol. The van der Waals surface area contributed by atoms with Crippen molar-refractivity contribution in [3.63, 3.8) is 0 Å². The number of hydrogen-bond donors (Lipinski definition) is 1. The Kier molecular flexibility index (Phi) is 7.25. The summed E-state index contributed by atoms with van der Waals surface area (Å²) in [4.78, 5) is 26.7. The molecule has 1 saturated heterocycles. The first-order chi connectivity index (χ1) is 14.7. The van der Waals surface area contributed by atoms with Crippen molar-refractivity contribution in [2.24, 2.45) is 0 Å². The molecule has 0 bridgehead atoms. The van der Waals surface area contributed by atoms with Crippen LogP contribution in [0.3, 0.4) is 0 Å². The summed E-state index contributed by atoms with van der Waals surface area (Å²) in [5.41, 5.74) is 1.20. The van der Waals surface area contributed by atoms with E-state index in [1.165, 1.54) is 0 Å². The Hall–Kier alpha value is -2.96. The third kappa shape index (κ3) is 6.26. The molecule has 3 rings (SSSR count). The molecule has 31 heavy (non-hydrogen) atoms. The van der Waals surface area contributed by atoms with Gasteiger partial charge in [0, 0.05) is 25.3 Å². The van der Waals surface area contributed by atoms with Crippen molar-refractivity contribution in [2.75, 3.05) is 26.2 Å². The fourth-order valence-electron chi connectivity index (χ4n) is 3.69. The zero-order valence-corrected chi connectivity index (χ0v) is 18.9. The lowest BCUT2D eigenvalue weighted by Gasteiger charge is -2.34. The third-order valence-corrected chi connectivity index (χ3v) is 5.26. The molecule has 1 aromatic heterocycles. The van der Waals surface area contributed by atoms with Gasteiger partial charge in [-0.1, -0.05) is 18.2 Å². The zero-order chi connectivity index (χ0) is 22.4. The van der Waals surface area contributed by atoms with E-state index in [-0.39, 0.29) is 18.0 Å². The van der Waals surface area contributed by atoms with Crippen molar-refractivity contribution in [1.29, 1.82) is 0 Å². The largest absolute Gasteiger partial charge is 0.491 e. The van der Waals surface area contributed by atoms with Crippen molar-refractivity contribution < 1.29 is 19.1 Å². The highest BCUT2D eigenvalue weighted by Gasteiger charge is 2.28. The minimum atomic E-state index is -0.497. The first kappa shape index (κ1) is 22.7. The van der Waals surface area contributed by atoms with E-state index in [1.54, 1.807) is 4.90 Å². The van der Waals surface area contributed by atoms with Crippen LogP contribution in [-0.2, 0) is 4.74 Å². The summed E-state index contributed by atoms with van der Waals surface area (Å²) >= 11 is 0. The summed E-state index contributed by atoms with van der Waals surface area (Å²) in [6, 6.07) is 11.7. The Morgan fingerprint density at radius 1 is 1.10 bits per heavy atom. The highest BCUT2D eigenvalue weighted by atomic mass is 16.6. The highest BCUT2D eigenvalue weighted by molar-refractivity contribution is 5.92. The van der Waals surface area contributed by atoms with Crippen LogP contribution < -0.4 is 10.1 Å². The van der Waals surface area contributed by atoms with Gasteiger partial charge in [-0.2, -0.15) is 0 Å². The number of carbonyl (C=O) groups is 2. The maximum atomic E-state index is 12.7. The van der Waals surface area contributed by atoms with Crippen molar-refractivity contribution in [1.82, 2.24) is 14.8 Å². The molecule has 0 spiro atoms. The molecule has 1 aliphatic rings. The maximum Gasteiger partial charge on any atom is 0.410 e. The summed E-state index contributed by atoms with van der Waals surface area (Å²) in [6.45, 7) is 9.67. The smallest absolute Gasteiger partial charge is 0.410 e. The molecule has 1 fully saturated rings. The van der Waals surface area contributed by atoms with E-state index >= 15 is 0 Å². The number of rotatable bonds is 6. The minimum Gasteiger partial charge on any atom is -0.491 e. The minimum absolute atomic E-state index is 0.118. The zero-order valence-electron chi connectivity index (χ0n) is 18.9. The Balaban J connectivity index is 1.49. The predicted molar refractivity (Wildman–Crippen MR) is 120 cm³/mol. The van der Waals surface area contributed by atoms with Gasteiger partial charge in [0.25, 0.3) is 5.91 Å². The fraction of sp³-hybridized carbons (Fsp3) is 0.500. The van der Waals surface area contributed by atoms with Crippen molar-refractivity contribution >= 4 is 12.0 Å². The molecule has 7 heteroatoms. The number of ether oxygens (including phenoxy) is 2. The molecule has 2 amide bonds. The van der Waals surface area contributed by atoms with E-state index < -0.39 is 5.60 Å². The van der Waals surface area contributed by atoms with E-state index in [1.807, 2.05) is 74.9 Å². The van der Waals surface area contributed by atoms with E-state index in [9.17, 15) is 9.59 Å². The molecule has 0 atom stereocenters. The van der Waals surface area contributed by atoms with Gasteiger partial charge in [0.15, 0.2) is 0 Å².